The zero-order valence-electron chi connectivity index (χ0n) is 16.6. The highest BCUT2D eigenvalue weighted by Gasteiger charge is 2.22. The van der Waals surface area contributed by atoms with Gasteiger partial charge in [-0.25, -0.2) is 9.67 Å². The van der Waals surface area contributed by atoms with Gasteiger partial charge >= 0.3 is 0 Å². The molecule has 0 radical (unpaired) electrons. The van der Waals surface area contributed by atoms with Crippen LogP contribution in [0.2, 0.25) is 0 Å². The molecule has 2 aromatic heterocycles. The second-order valence-corrected chi connectivity index (χ2v) is 6.86. The first kappa shape index (κ1) is 21.4. The molecule has 8 nitrogen and oxygen atoms in total. The van der Waals surface area contributed by atoms with Gasteiger partial charge in [-0.2, -0.15) is 5.10 Å². The third-order valence-corrected chi connectivity index (χ3v) is 4.90. The molecule has 0 saturated carbocycles. The molecule has 1 aromatic carbocycles. The van der Waals surface area contributed by atoms with Crippen molar-refractivity contribution >= 4 is 40.8 Å². The number of halogens is 1. The Balaban J connectivity index is 0.00000240. The second kappa shape index (κ2) is 9.97. The summed E-state index contributed by atoms with van der Waals surface area (Å²) in [5.41, 5.74) is 2.16. The lowest BCUT2D eigenvalue weighted by atomic mass is 10.1. The number of fused-ring (bicyclic) bond motifs is 2. The van der Waals surface area contributed by atoms with Crippen LogP contribution in [0, 0.1) is 0 Å². The predicted molar refractivity (Wildman–Crippen MR) is 123 cm³/mol. The Morgan fingerprint density at radius 1 is 1.31 bits per heavy atom. The van der Waals surface area contributed by atoms with E-state index in [1.807, 2.05) is 16.9 Å². The molecule has 3 heterocycles. The zero-order chi connectivity index (χ0) is 19.3. The van der Waals surface area contributed by atoms with E-state index in [2.05, 4.69) is 55.0 Å². The Labute approximate surface area is 187 Å². The normalized spacial score (nSPS) is 16.2. The molecular weight excluding hydrogens is 481 g/mol. The summed E-state index contributed by atoms with van der Waals surface area (Å²) in [6.45, 7) is 1.87. The van der Waals surface area contributed by atoms with Gasteiger partial charge in [-0.1, -0.05) is 24.3 Å². The van der Waals surface area contributed by atoms with Crippen LogP contribution in [0.4, 0.5) is 0 Å². The van der Waals surface area contributed by atoms with E-state index in [9.17, 15) is 0 Å². The Morgan fingerprint density at radius 3 is 3.00 bits per heavy atom. The second-order valence-electron chi connectivity index (χ2n) is 6.86. The molecule has 4 rings (SSSR count). The molecule has 0 aliphatic carbocycles. The fraction of sp³-hybridized carbons (Fsp3) is 0.400. The molecule has 0 bridgehead atoms. The number of hydrogen-bond donors (Lipinski definition) is 2. The van der Waals surface area contributed by atoms with Gasteiger partial charge in [-0.05, 0) is 18.1 Å². The summed E-state index contributed by atoms with van der Waals surface area (Å²) >= 11 is 0. The van der Waals surface area contributed by atoms with Crippen LogP contribution in [0.25, 0.3) is 10.9 Å². The van der Waals surface area contributed by atoms with Gasteiger partial charge in [0.25, 0.3) is 0 Å². The average molecular weight is 507 g/mol. The fourth-order valence-electron chi connectivity index (χ4n) is 3.55. The molecule has 9 heteroatoms. The third-order valence-electron chi connectivity index (χ3n) is 4.90. The van der Waals surface area contributed by atoms with Gasteiger partial charge in [0.2, 0.25) is 0 Å². The molecule has 29 heavy (non-hydrogen) atoms. The quantitative estimate of drug-likeness (QED) is 0.313. The van der Waals surface area contributed by atoms with Crippen LogP contribution < -0.4 is 10.6 Å². The molecule has 1 aliphatic rings. The standard InChI is InChI=1S/C20H25N7O.HI/c1-21-20(23-11-15-6-3-5-14-7-4-10-22-19(14)15)24-16-8-9-18-25-17(13-28-2)26-27(18)12-16;/h3-7,10,16H,8-9,11-13H2,1-2H3,(H2,21,23,24);1H. The van der Waals surface area contributed by atoms with E-state index in [1.54, 1.807) is 14.2 Å². The van der Waals surface area contributed by atoms with E-state index in [-0.39, 0.29) is 30.0 Å². The van der Waals surface area contributed by atoms with Gasteiger partial charge < -0.3 is 15.4 Å². The van der Waals surface area contributed by atoms with Crippen LogP contribution >= 0.6 is 24.0 Å². The maximum absolute atomic E-state index is 5.13. The van der Waals surface area contributed by atoms with E-state index in [4.69, 9.17) is 4.74 Å². The van der Waals surface area contributed by atoms with Gasteiger partial charge in [0, 0.05) is 44.7 Å². The van der Waals surface area contributed by atoms with Crippen LogP contribution in [0.15, 0.2) is 41.5 Å². The fourth-order valence-corrected chi connectivity index (χ4v) is 3.55. The lowest BCUT2D eigenvalue weighted by Crippen LogP contribution is -2.46. The number of benzene rings is 1. The van der Waals surface area contributed by atoms with Crippen molar-refractivity contribution in [2.45, 2.75) is 38.6 Å². The molecule has 3 aromatic rings. The molecule has 1 aliphatic heterocycles. The molecule has 154 valence electrons. The van der Waals surface area contributed by atoms with E-state index in [1.165, 1.54) is 0 Å². The number of aryl methyl sites for hydroxylation is 1. The number of aliphatic imine (C=N–C) groups is 1. The smallest absolute Gasteiger partial charge is 0.191 e. The number of aromatic nitrogens is 4. The minimum absolute atomic E-state index is 0. The molecular formula is C20H26IN7O. The van der Waals surface area contributed by atoms with Crippen molar-refractivity contribution in [3.63, 3.8) is 0 Å². The van der Waals surface area contributed by atoms with Gasteiger partial charge in [-0.15, -0.1) is 24.0 Å². The zero-order valence-corrected chi connectivity index (χ0v) is 19.0. The number of methoxy groups -OCH3 is 1. The average Bonchev–Trinajstić information content (AvgIpc) is 3.13. The van der Waals surface area contributed by atoms with Crippen molar-refractivity contribution in [1.82, 2.24) is 30.4 Å². The molecule has 0 saturated heterocycles. The summed E-state index contributed by atoms with van der Waals surface area (Å²) in [5.74, 6) is 2.54. The lowest BCUT2D eigenvalue weighted by Gasteiger charge is -2.25. The maximum Gasteiger partial charge on any atom is 0.191 e. The number of nitrogens with one attached hydrogen (secondary N) is 2. The molecule has 0 spiro atoms. The Bertz CT molecular complexity index is 983. The van der Waals surface area contributed by atoms with Crippen LogP contribution in [0.3, 0.4) is 0 Å². The van der Waals surface area contributed by atoms with Crippen molar-refractivity contribution in [1.29, 1.82) is 0 Å². The number of ether oxygens (including phenoxy) is 1. The number of para-hydroxylation sites is 1. The highest BCUT2D eigenvalue weighted by molar-refractivity contribution is 14.0. The summed E-state index contributed by atoms with van der Waals surface area (Å²) in [4.78, 5) is 13.4. The summed E-state index contributed by atoms with van der Waals surface area (Å²) in [6.07, 6.45) is 3.70. The monoisotopic (exact) mass is 507 g/mol. The lowest BCUT2D eigenvalue weighted by molar-refractivity contribution is 0.177. The Morgan fingerprint density at radius 2 is 2.17 bits per heavy atom. The first-order valence-corrected chi connectivity index (χ1v) is 9.48. The highest BCUT2D eigenvalue weighted by Crippen LogP contribution is 2.16. The highest BCUT2D eigenvalue weighted by atomic mass is 127. The van der Waals surface area contributed by atoms with E-state index < -0.39 is 0 Å². The van der Waals surface area contributed by atoms with Crippen molar-refractivity contribution < 1.29 is 4.74 Å². The number of nitrogens with zero attached hydrogens (tertiary/aromatic N) is 5. The van der Waals surface area contributed by atoms with Crippen LogP contribution in [-0.2, 0) is 30.9 Å². The summed E-state index contributed by atoms with van der Waals surface area (Å²) < 4.78 is 7.10. The first-order valence-electron chi connectivity index (χ1n) is 9.48. The molecule has 1 unspecified atom stereocenters. The first-order chi connectivity index (χ1) is 13.8. The van der Waals surface area contributed by atoms with Gasteiger partial charge in [-0.3, -0.25) is 9.98 Å². The Hall–Kier alpha value is -2.27. The largest absolute Gasteiger partial charge is 0.377 e. The minimum atomic E-state index is 0. The molecule has 0 fully saturated rings. The summed E-state index contributed by atoms with van der Waals surface area (Å²) in [7, 11) is 3.45. The maximum atomic E-state index is 5.13. The minimum Gasteiger partial charge on any atom is -0.377 e. The predicted octanol–water partition coefficient (Wildman–Crippen LogP) is 2.27. The van der Waals surface area contributed by atoms with Crippen LogP contribution in [0.5, 0.6) is 0 Å². The summed E-state index contributed by atoms with van der Waals surface area (Å²) in [6, 6.07) is 10.5. The molecule has 1 atom stereocenters. The van der Waals surface area contributed by atoms with Crippen LogP contribution in [-0.4, -0.2) is 45.9 Å². The van der Waals surface area contributed by atoms with Crippen molar-refractivity contribution in [3.8, 4) is 0 Å². The van der Waals surface area contributed by atoms with Gasteiger partial charge in [0.1, 0.15) is 12.4 Å². The third kappa shape index (κ3) is 5.02. The van der Waals surface area contributed by atoms with Gasteiger partial charge in [0.05, 0.1) is 12.1 Å². The molecule has 2 N–H and O–H groups in total. The van der Waals surface area contributed by atoms with Gasteiger partial charge in [0.15, 0.2) is 11.8 Å². The Kier molecular flexibility index (Phi) is 7.37. The van der Waals surface area contributed by atoms with Crippen molar-refractivity contribution in [2.75, 3.05) is 14.2 Å². The number of rotatable bonds is 5. The van der Waals surface area contributed by atoms with E-state index in [0.29, 0.717) is 13.2 Å². The summed E-state index contributed by atoms with van der Waals surface area (Å²) in [5, 5.41) is 12.6. The number of hydrogen-bond acceptors (Lipinski definition) is 5. The van der Waals surface area contributed by atoms with Crippen molar-refractivity contribution in [3.05, 3.63) is 53.7 Å². The number of guanidine groups is 1. The molecule has 0 amide bonds. The number of pyridine rings is 1. The van der Waals surface area contributed by atoms with Crippen LogP contribution in [0.1, 0.15) is 23.6 Å². The van der Waals surface area contributed by atoms with E-state index >= 15 is 0 Å². The SMILES string of the molecule is CN=C(NCc1cccc2cccnc12)NC1CCc2nc(COC)nn2C1.I. The van der Waals surface area contributed by atoms with Crippen molar-refractivity contribution in [2.24, 2.45) is 4.99 Å². The topological polar surface area (TPSA) is 89.2 Å². The van der Waals surface area contributed by atoms with E-state index in [0.717, 1.165) is 53.5 Å².